The van der Waals surface area contributed by atoms with Gasteiger partial charge in [0.15, 0.2) is 0 Å². The third kappa shape index (κ3) is 3.10. The molecular weight excluding hydrogens is 220 g/mol. The summed E-state index contributed by atoms with van der Waals surface area (Å²) in [5.41, 5.74) is -0.489. The van der Waals surface area contributed by atoms with Gasteiger partial charge in [0.1, 0.15) is 0 Å². The lowest BCUT2D eigenvalue weighted by Gasteiger charge is -2.42. The molecule has 2 heterocycles. The van der Waals surface area contributed by atoms with Crippen molar-refractivity contribution in [1.29, 1.82) is 0 Å². The van der Waals surface area contributed by atoms with E-state index in [4.69, 9.17) is 4.74 Å². The van der Waals surface area contributed by atoms with Crippen LogP contribution in [0.1, 0.15) is 26.2 Å². The monoisotopic (exact) mass is 242 g/mol. The lowest BCUT2D eigenvalue weighted by molar-refractivity contribution is -0.0368. The predicted octanol–water partition coefficient (Wildman–Crippen LogP) is 0.579. The van der Waals surface area contributed by atoms with Gasteiger partial charge in [0.25, 0.3) is 0 Å². The van der Waals surface area contributed by atoms with Crippen LogP contribution in [0.15, 0.2) is 0 Å². The number of hydrogen-bond acceptors (Lipinski definition) is 4. The van der Waals surface area contributed by atoms with Gasteiger partial charge in [0, 0.05) is 26.2 Å². The van der Waals surface area contributed by atoms with Gasteiger partial charge in [0.2, 0.25) is 0 Å². The van der Waals surface area contributed by atoms with Gasteiger partial charge >= 0.3 is 6.09 Å². The van der Waals surface area contributed by atoms with Gasteiger partial charge in [-0.15, -0.1) is 0 Å². The van der Waals surface area contributed by atoms with Crippen molar-refractivity contribution in [2.75, 3.05) is 32.8 Å². The Balaban J connectivity index is 1.72. The van der Waals surface area contributed by atoms with Crippen molar-refractivity contribution in [2.45, 2.75) is 31.8 Å². The van der Waals surface area contributed by atoms with Crippen LogP contribution in [0, 0.1) is 5.92 Å². The number of aliphatic hydroxyl groups is 1. The zero-order valence-electron chi connectivity index (χ0n) is 10.4. The summed E-state index contributed by atoms with van der Waals surface area (Å²) in [6.07, 6.45) is 2.61. The van der Waals surface area contributed by atoms with E-state index in [-0.39, 0.29) is 6.09 Å². The number of amides is 1. The Bertz CT molecular complexity index is 271. The molecule has 2 aliphatic rings. The van der Waals surface area contributed by atoms with E-state index < -0.39 is 5.60 Å². The molecule has 0 spiro atoms. The maximum absolute atomic E-state index is 11.5. The molecule has 2 fully saturated rings. The molecule has 2 rings (SSSR count). The minimum Gasteiger partial charge on any atom is -0.450 e. The normalized spacial score (nSPS) is 24.2. The lowest BCUT2D eigenvalue weighted by atomic mass is 9.81. The number of nitrogens with one attached hydrogen (secondary N) is 1. The predicted molar refractivity (Wildman–Crippen MR) is 63.8 cm³/mol. The minimum absolute atomic E-state index is 0.199. The molecule has 0 atom stereocenters. The highest BCUT2D eigenvalue weighted by atomic mass is 16.6. The number of ether oxygens (including phenoxy) is 1. The molecule has 0 aliphatic carbocycles. The Kier molecular flexibility index (Phi) is 3.89. The Morgan fingerprint density at radius 1 is 1.47 bits per heavy atom. The molecular formula is C12H22N2O3. The fourth-order valence-corrected chi connectivity index (χ4v) is 2.63. The van der Waals surface area contributed by atoms with E-state index in [9.17, 15) is 9.90 Å². The van der Waals surface area contributed by atoms with Gasteiger partial charge in [-0.25, -0.2) is 4.79 Å². The Morgan fingerprint density at radius 3 is 2.59 bits per heavy atom. The van der Waals surface area contributed by atoms with E-state index >= 15 is 0 Å². The molecule has 5 heteroatoms. The van der Waals surface area contributed by atoms with Crippen LogP contribution >= 0.6 is 0 Å². The summed E-state index contributed by atoms with van der Waals surface area (Å²) in [5.74, 6) is 0.535. The zero-order valence-corrected chi connectivity index (χ0v) is 10.4. The summed E-state index contributed by atoms with van der Waals surface area (Å²) >= 11 is 0. The maximum atomic E-state index is 11.5. The van der Waals surface area contributed by atoms with Crippen LogP contribution in [0.2, 0.25) is 0 Å². The fraction of sp³-hybridized carbons (Fsp3) is 0.917. The molecule has 5 nitrogen and oxygen atoms in total. The molecule has 2 saturated heterocycles. The van der Waals surface area contributed by atoms with Crippen molar-refractivity contribution >= 4 is 6.09 Å². The summed E-state index contributed by atoms with van der Waals surface area (Å²) in [6.45, 7) is 5.20. The highest BCUT2D eigenvalue weighted by molar-refractivity contribution is 5.67. The van der Waals surface area contributed by atoms with Crippen LogP contribution in [0.5, 0.6) is 0 Å². The largest absolute Gasteiger partial charge is 0.450 e. The third-order valence-electron chi connectivity index (χ3n) is 3.72. The SMILES string of the molecule is CCOC(=O)N1CCC(CC2(O)CNC2)CC1. The first-order valence-electron chi connectivity index (χ1n) is 6.48. The standard InChI is InChI=1S/C12H22N2O3/c1-2-17-11(15)14-5-3-10(4-6-14)7-12(16)8-13-9-12/h10,13,16H,2-9H2,1H3. The minimum atomic E-state index is -0.489. The van der Waals surface area contributed by atoms with Crippen molar-refractivity contribution in [3.05, 3.63) is 0 Å². The molecule has 1 amide bonds. The zero-order chi connectivity index (χ0) is 12.3. The molecule has 2 aliphatic heterocycles. The Morgan fingerprint density at radius 2 is 2.12 bits per heavy atom. The lowest BCUT2D eigenvalue weighted by Crippen LogP contribution is -2.60. The molecule has 2 N–H and O–H groups in total. The van der Waals surface area contributed by atoms with Crippen LogP contribution in [0.4, 0.5) is 4.79 Å². The maximum Gasteiger partial charge on any atom is 0.409 e. The smallest absolute Gasteiger partial charge is 0.409 e. The van der Waals surface area contributed by atoms with E-state index in [0.717, 1.165) is 32.4 Å². The highest BCUT2D eigenvalue weighted by Crippen LogP contribution is 2.28. The van der Waals surface area contributed by atoms with Crippen LogP contribution in [-0.4, -0.2) is 54.5 Å². The van der Waals surface area contributed by atoms with Crippen LogP contribution in [-0.2, 0) is 4.74 Å². The average Bonchev–Trinajstić information content (AvgIpc) is 2.28. The van der Waals surface area contributed by atoms with Gasteiger partial charge in [0.05, 0.1) is 12.2 Å². The molecule has 17 heavy (non-hydrogen) atoms. The van der Waals surface area contributed by atoms with E-state index in [2.05, 4.69) is 5.32 Å². The number of carbonyl (C=O) groups is 1. The van der Waals surface area contributed by atoms with Crippen molar-refractivity contribution in [3.63, 3.8) is 0 Å². The summed E-state index contributed by atoms with van der Waals surface area (Å²) in [4.78, 5) is 13.3. The highest BCUT2D eigenvalue weighted by Gasteiger charge is 2.37. The summed E-state index contributed by atoms with van der Waals surface area (Å²) in [6, 6.07) is 0. The molecule has 0 aromatic carbocycles. The first-order valence-corrected chi connectivity index (χ1v) is 6.48. The molecule has 98 valence electrons. The molecule has 0 bridgehead atoms. The molecule has 0 aromatic heterocycles. The van der Waals surface area contributed by atoms with Crippen molar-refractivity contribution < 1.29 is 14.6 Å². The third-order valence-corrected chi connectivity index (χ3v) is 3.72. The summed E-state index contributed by atoms with van der Waals surface area (Å²) in [7, 11) is 0. The fourth-order valence-electron chi connectivity index (χ4n) is 2.63. The van der Waals surface area contributed by atoms with Gasteiger partial charge in [-0.3, -0.25) is 0 Å². The Hall–Kier alpha value is -0.810. The average molecular weight is 242 g/mol. The van der Waals surface area contributed by atoms with Gasteiger partial charge < -0.3 is 20.1 Å². The van der Waals surface area contributed by atoms with Crippen LogP contribution in [0.3, 0.4) is 0 Å². The number of nitrogens with zero attached hydrogens (tertiary/aromatic N) is 1. The molecule has 0 radical (unpaired) electrons. The Labute approximate surface area is 102 Å². The van der Waals surface area contributed by atoms with E-state index in [1.165, 1.54) is 0 Å². The number of piperidine rings is 1. The van der Waals surface area contributed by atoms with Gasteiger partial charge in [-0.05, 0) is 32.1 Å². The number of likely N-dealkylation sites (tertiary alicyclic amines) is 1. The quantitative estimate of drug-likeness (QED) is 0.760. The van der Waals surface area contributed by atoms with E-state index in [0.29, 0.717) is 25.6 Å². The first-order chi connectivity index (χ1) is 8.13. The summed E-state index contributed by atoms with van der Waals surface area (Å²) in [5, 5.41) is 13.2. The second kappa shape index (κ2) is 5.23. The summed E-state index contributed by atoms with van der Waals surface area (Å²) < 4.78 is 4.98. The van der Waals surface area contributed by atoms with Crippen LogP contribution < -0.4 is 5.32 Å². The number of rotatable bonds is 3. The first kappa shape index (κ1) is 12.6. The number of carbonyl (C=O) groups excluding carboxylic acids is 1. The van der Waals surface area contributed by atoms with Crippen LogP contribution in [0.25, 0.3) is 0 Å². The van der Waals surface area contributed by atoms with Gasteiger partial charge in [-0.1, -0.05) is 0 Å². The second-order valence-corrected chi connectivity index (χ2v) is 5.16. The molecule has 0 saturated carbocycles. The van der Waals surface area contributed by atoms with Crippen molar-refractivity contribution in [2.24, 2.45) is 5.92 Å². The number of β-amino-alcohol motifs (C(OH)–C–C–N with tert-alkyl or cyclic N) is 1. The molecule has 0 unspecified atom stereocenters. The van der Waals surface area contributed by atoms with E-state index in [1.54, 1.807) is 4.90 Å². The van der Waals surface area contributed by atoms with Crippen molar-refractivity contribution in [3.8, 4) is 0 Å². The van der Waals surface area contributed by atoms with Gasteiger partial charge in [-0.2, -0.15) is 0 Å². The van der Waals surface area contributed by atoms with E-state index in [1.807, 2.05) is 6.92 Å². The molecule has 0 aromatic rings. The topological polar surface area (TPSA) is 61.8 Å². The second-order valence-electron chi connectivity index (χ2n) is 5.16. The number of hydrogen-bond donors (Lipinski definition) is 2. The van der Waals surface area contributed by atoms with Crippen molar-refractivity contribution in [1.82, 2.24) is 10.2 Å².